The van der Waals surface area contributed by atoms with Crippen LogP contribution in [0.15, 0.2) is 11.0 Å². The van der Waals surface area contributed by atoms with Crippen LogP contribution in [0, 0.1) is 5.92 Å². The quantitative estimate of drug-likeness (QED) is 0.621. The fourth-order valence-electron chi connectivity index (χ4n) is 3.42. The predicted molar refractivity (Wildman–Crippen MR) is 110 cm³/mol. The summed E-state index contributed by atoms with van der Waals surface area (Å²) in [7, 11) is 0. The van der Waals surface area contributed by atoms with E-state index < -0.39 is 0 Å². The second kappa shape index (κ2) is 7.56. The first kappa shape index (κ1) is 18.9. The van der Waals surface area contributed by atoms with Crippen LogP contribution >= 0.6 is 22.7 Å². The monoisotopic (exact) mass is 416 g/mol. The SMILES string of the molecule is CC(=O)c1cnc(NC(=O)CCc2nc3sc4c(c3c(=O)[nH]2)CCC(C)C4)s1. The Morgan fingerprint density at radius 2 is 2.18 bits per heavy atom. The highest BCUT2D eigenvalue weighted by Gasteiger charge is 2.23. The molecular weight excluding hydrogens is 396 g/mol. The Bertz CT molecular complexity index is 1130. The zero-order valence-electron chi connectivity index (χ0n) is 15.6. The first-order chi connectivity index (χ1) is 13.4. The first-order valence-electron chi connectivity index (χ1n) is 9.20. The number of amides is 1. The average molecular weight is 417 g/mol. The fraction of sp³-hybridized carbons (Fsp3) is 0.421. The summed E-state index contributed by atoms with van der Waals surface area (Å²) in [6, 6.07) is 0. The highest BCUT2D eigenvalue weighted by atomic mass is 32.1. The third-order valence-corrected chi connectivity index (χ3v) is 7.06. The molecule has 3 aromatic heterocycles. The van der Waals surface area contributed by atoms with Crippen molar-refractivity contribution >= 4 is 49.7 Å². The van der Waals surface area contributed by atoms with Crippen LogP contribution < -0.4 is 10.9 Å². The van der Waals surface area contributed by atoms with Crippen LogP contribution in [0.1, 0.15) is 52.6 Å². The third kappa shape index (κ3) is 3.77. The molecular formula is C19H20N4O3S2. The van der Waals surface area contributed by atoms with Gasteiger partial charge < -0.3 is 10.3 Å². The van der Waals surface area contributed by atoms with Crippen LogP contribution in [0.5, 0.6) is 0 Å². The molecule has 0 spiro atoms. The molecule has 1 atom stereocenters. The van der Waals surface area contributed by atoms with Crippen molar-refractivity contribution in [1.29, 1.82) is 0 Å². The van der Waals surface area contributed by atoms with Gasteiger partial charge in [-0.25, -0.2) is 9.97 Å². The van der Waals surface area contributed by atoms with E-state index in [2.05, 4.69) is 27.2 Å². The summed E-state index contributed by atoms with van der Waals surface area (Å²) in [6.07, 6.45) is 4.99. The van der Waals surface area contributed by atoms with E-state index in [1.165, 1.54) is 18.0 Å². The third-order valence-electron chi connectivity index (χ3n) is 4.90. The smallest absolute Gasteiger partial charge is 0.259 e. The van der Waals surface area contributed by atoms with E-state index in [0.717, 1.165) is 46.4 Å². The molecule has 3 heterocycles. The molecule has 7 nitrogen and oxygen atoms in total. The summed E-state index contributed by atoms with van der Waals surface area (Å²) >= 11 is 2.75. The number of nitrogens with one attached hydrogen (secondary N) is 2. The summed E-state index contributed by atoms with van der Waals surface area (Å²) in [4.78, 5) is 50.1. The van der Waals surface area contributed by atoms with Gasteiger partial charge in [-0.3, -0.25) is 14.4 Å². The van der Waals surface area contributed by atoms with E-state index in [4.69, 9.17) is 0 Å². The van der Waals surface area contributed by atoms with Gasteiger partial charge >= 0.3 is 0 Å². The number of aromatic nitrogens is 3. The van der Waals surface area contributed by atoms with E-state index >= 15 is 0 Å². The molecule has 9 heteroatoms. The lowest BCUT2D eigenvalue weighted by Gasteiger charge is -2.17. The van der Waals surface area contributed by atoms with Gasteiger partial charge in [0.05, 0.1) is 16.5 Å². The number of thiophene rings is 1. The Kier molecular flexibility index (Phi) is 5.11. The topological polar surface area (TPSA) is 105 Å². The van der Waals surface area contributed by atoms with Crippen molar-refractivity contribution in [3.8, 4) is 0 Å². The molecule has 0 saturated heterocycles. The van der Waals surface area contributed by atoms with Crippen molar-refractivity contribution in [3.63, 3.8) is 0 Å². The van der Waals surface area contributed by atoms with Gasteiger partial charge in [0.2, 0.25) is 5.91 Å². The van der Waals surface area contributed by atoms with Crippen molar-refractivity contribution in [3.05, 3.63) is 37.7 Å². The zero-order chi connectivity index (χ0) is 19.8. The van der Waals surface area contributed by atoms with Gasteiger partial charge in [0.25, 0.3) is 5.56 Å². The highest BCUT2D eigenvalue weighted by molar-refractivity contribution is 7.18. The van der Waals surface area contributed by atoms with Crippen molar-refractivity contribution in [1.82, 2.24) is 15.0 Å². The Balaban J connectivity index is 1.46. The summed E-state index contributed by atoms with van der Waals surface area (Å²) in [6.45, 7) is 3.69. The van der Waals surface area contributed by atoms with E-state index in [9.17, 15) is 14.4 Å². The number of hydrogen-bond acceptors (Lipinski definition) is 7. The molecule has 0 bridgehead atoms. The summed E-state index contributed by atoms with van der Waals surface area (Å²) in [5, 5.41) is 3.80. The lowest BCUT2D eigenvalue weighted by Crippen LogP contribution is -2.17. The molecule has 0 saturated carbocycles. The van der Waals surface area contributed by atoms with Gasteiger partial charge in [-0.2, -0.15) is 0 Å². The van der Waals surface area contributed by atoms with Crippen LogP contribution in [0.3, 0.4) is 0 Å². The van der Waals surface area contributed by atoms with E-state index in [-0.39, 0.29) is 23.7 Å². The summed E-state index contributed by atoms with van der Waals surface area (Å²) in [5.41, 5.74) is 1.04. The predicted octanol–water partition coefficient (Wildman–Crippen LogP) is 3.34. The van der Waals surface area contributed by atoms with Gasteiger partial charge in [-0.05, 0) is 30.7 Å². The van der Waals surface area contributed by atoms with Crippen molar-refractivity contribution in [2.45, 2.75) is 46.0 Å². The molecule has 1 unspecified atom stereocenters. The van der Waals surface area contributed by atoms with Gasteiger partial charge in [-0.1, -0.05) is 18.3 Å². The second-order valence-corrected chi connectivity index (χ2v) is 9.29. The lowest BCUT2D eigenvalue weighted by atomic mass is 9.89. The number of nitrogens with zero attached hydrogens (tertiary/aromatic N) is 2. The normalized spacial score (nSPS) is 16.1. The van der Waals surface area contributed by atoms with Crippen LogP contribution in [0.25, 0.3) is 10.2 Å². The van der Waals surface area contributed by atoms with E-state index in [1.807, 2.05) is 0 Å². The number of aromatic amines is 1. The molecule has 1 aliphatic carbocycles. The Labute approximate surface area is 169 Å². The number of thiazole rings is 1. The zero-order valence-corrected chi connectivity index (χ0v) is 17.3. The van der Waals surface area contributed by atoms with Crippen LogP contribution in [0.4, 0.5) is 5.13 Å². The van der Waals surface area contributed by atoms with E-state index in [1.54, 1.807) is 11.3 Å². The Morgan fingerprint density at radius 3 is 2.93 bits per heavy atom. The van der Waals surface area contributed by atoms with Gasteiger partial charge in [0, 0.05) is 24.6 Å². The molecule has 146 valence electrons. The lowest BCUT2D eigenvalue weighted by molar-refractivity contribution is -0.116. The number of fused-ring (bicyclic) bond motifs is 3. The number of ketones is 1. The number of carbonyl (C=O) groups excluding carboxylic acids is 2. The molecule has 0 aliphatic heterocycles. The summed E-state index contributed by atoms with van der Waals surface area (Å²) < 4.78 is 0. The Morgan fingerprint density at radius 1 is 1.36 bits per heavy atom. The molecule has 0 radical (unpaired) electrons. The van der Waals surface area contributed by atoms with Crippen LogP contribution in [0.2, 0.25) is 0 Å². The van der Waals surface area contributed by atoms with Crippen LogP contribution in [-0.2, 0) is 24.1 Å². The minimum Gasteiger partial charge on any atom is -0.310 e. The average Bonchev–Trinajstić information content (AvgIpc) is 3.24. The van der Waals surface area contributed by atoms with E-state index in [0.29, 0.717) is 28.2 Å². The number of Topliss-reactive ketones (excluding diaryl/α,β-unsaturated/α-hetero) is 1. The molecule has 4 rings (SSSR count). The molecule has 3 aromatic rings. The largest absolute Gasteiger partial charge is 0.310 e. The highest BCUT2D eigenvalue weighted by Crippen LogP contribution is 2.35. The van der Waals surface area contributed by atoms with Crippen molar-refractivity contribution in [2.24, 2.45) is 5.92 Å². The number of anilines is 1. The van der Waals surface area contributed by atoms with Crippen LogP contribution in [-0.4, -0.2) is 26.6 Å². The molecule has 0 fully saturated rings. The Hall–Kier alpha value is -2.39. The number of aryl methyl sites for hydroxylation is 2. The van der Waals surface area contributed by atoms with Crippen molar-refractivity contribution < 1.29 is 9.59 Å². The second-order valence-electron chi connectivity index (χ2n) is 7.18. The standard InChI is InChI=1S/C19H20N4O3S2/c1-9-3-4-11-12(7-9)27-18-16(11)17(26)21-14(22-18)5-6-15(25)23-19-20-8-13(28-19)10(2)24/h8-9H,3-7H2,1-2H3,(H,20,23,25)(H,21,22,26). The van der Waals surface area contributed by atoms with Gasteiger partial charge in [0.1, 0.15) is 10.7 Å². The maximum absolute atomic E-state index is 12.6. The molecule has 28 heavy (non-hydrogen) atoms. The van der Waals surface area contributed by atoms with Crippen molar-refractivity contribution in [2.75, 3.05) is 5.32 Å². The number of carbonyl (C=O) groups is 2. The van der Waals surface area contributed by atoms with Gasteiger partial charge in [0.15, 0.2) is 10.9 Å². The van der Waals surface area contributed by atoms with Gasteiger partial charge in [-0.15, -0.1) is 11.3 Å². The number of hydrogen-bond donors (Lipinski definition) is 2. The first-order valence-corrected chi connectivity index (χ1v) is 10.8. The maximum atomic E-state index is 12.6. The number of rotatable bonds is 5. The molecule has 2 N–H and O–H groups in total. The maximum Gasteiger partial charge on any atom is 0.259 e. The number of H-pyrrole nitrogens is 1. The molecule has 1 aliphatic rings. The molecule has 0 aromatic carbocycles. The summed E-state index contributed by atoms with van der Waals surface area (Å²) in [5.74, 6) is 0.840. The fourth-order valence-corrected chi connectivity index (χ4v) is 5.55. The molecule has 1 amide bonds. The minimum absolute atomic E-state index is 0.0823. The minimum atomic E-state index is -0.230.